The molecule has 0 saturated heterocycles. The fourth-order valence-electron chi connectivity index (χ4n) is 1.21. The summed E-state index contributed by atoms with van der Waals surface area (Å²) in [5.41, 5.74) is 1.34. The molecular weight excluding hydrogens is 174 g/mol. The molecule has 2 nitrogen and oxygen atoms in total. The number of hydrogen-bond acceptors (Lipinski definition) is 2. The molecule has 0 radical (unpaired) electrons. The Hall–Kier alpha value is -0.890. The van der Waals surface area contributed by atoms with Gasteiger partial charge in [-0.3, -0.25) is 4.79 Å². The molecule has 0 rings (SSSR count). The number of ketones is 1. The van der Waals surface area contributed by atoms with Crippen LogP contribution >= 0.6 is 0 Å². The Balaban J connectivity index is 3.86. The number of nitrogens with one attached hydrogen (secondary N) is 1. The highest BCUT2D eigenvalue weighted by Gasteiger charge is 2.02. The van der Waals surface area contributed by atoms with E-state index in [9.17, 15) is 4.79 Å². The van der Waals surface area contributed by atoms with Crippen molar-refractivity contribution in [3.05, 3.63) is 24.3 Å². The van der Waals surface area contributed by atoms with Gasteiger partial charge < -0.3 is 5.32 Å². The zero-order valence-corrected chi connectivity index (χ0v) is 9.47. The zero-order valence-electron chi connectivity index (χ0n) is 9.47. The van der Waals surface area contributed by atoms with Gasteiger partial charge in [-0.05, 0) is 32.4 Å². The molecule has 2 heteroatoms. The monoisotopic (exact) mass is 195 g/mol. The van der Waals surface area contributed by atoms with E-state index in [1.807, 2.05) is 7.05 Å². The molecule has 0 aliphatic carbocycles. The summed E-state index contributed by atoms with van der Waals surface area (Å²) in [4.78, 5) is 10.9. The fraction of sp³-hybridized carbons (Fsp3) is 0.583. The molecule has 0 saturated carbocycles. The molecule has 0 fully saturated rings. The van der Waals surface area contributed by atoms with Crippen LogP contribution in [0.3, 0.4) is 0 Å². The number of carbonyl (C=O) groups is 1. The van der Waals surface area contributed by atoms with Crippen LogP contribution in [0.1, 0.15) is 26.7 Å². The van der Waals surface area contributed by atoms with E-state index in [0.29, 0.717) is 12.3 Å². The van der Waals surface area contributed by atoms with Gasteiger partial charge in [-0.1, -0.05) is 25.2 Å². The fourth-order valence-corrected chi connectivity index (χ4v) is 1.21. The lowest BCUT2D eigenvalue weighted by atomic mass is 10.0. The first-order valence-corrected chi connectivity index (χ1v) is 5.08. The van der Waals surface area contributed by atoms with Gasteiger partial charge in [-0.15, -0.1) is 0 Å². The molecule has 1 N–H and O–H groups in total. The third kappa shape index (κ3) is 5.70. The lowest BCUT2D eigenvalue weighted by molar-refractivity contribution is -0.114. The molecule has 14 heavy (non-hydrogen) atoms. The molecule has 0 aromatic heterocycles. The minimum absolute atomic E-state index is 0.121. The van der Waals surface area contributed by atoms with Gasteiger partial charge in [0.15, 0.2) is 5.78 Å². The predicted molar refractivity (Wildman–Crippen MR) is 61.3 cm³/mol. The van der Waals surface area contributed by atoms with Crippen molar-refractivity contribution in [3.63, 3.8) is 0 Å². The van der Waals surface area contributed by atoms with Gasteiger partial charge in [0, 0.05) is 13.0 Å². The van der Waals surface area contributed by atoms with Gasteiger partial charge in [0.2, 0.25) is 0 Å². The summed E-state index contributed by atoms with van der Waals surface area (Å²) in [6, 6.07) is 0. The van der Waals surface area contributed by atoms with Gasteiger partial charge in [-0.2, -0.15) is 0 Å². The average Bonchev–Trinajstić information content (AvgIpc) is 2.17. The normalized spacial score (nSPS) is 13.8. The van der Waals surface area contributed by atoms with Crippen LogP contribution in [0.4, 0.5) is 0 Å². The summed E-state index contributed by atoms with van der Waals surface area (Å²) in [7, 11) is 1.95. The Morgan fingerprint density at radius 3 is 2.71 bits per heavy atom. The van der Waals surface area contributed by atoms with E-state index in [4.69, 9.17) is 0 Å². The molecule has 0 aromatic rings. The van der Waals surface area contributed by atoms with Gasteiger partial charge in [-0.25, -0.2) is 0 Å². The summed E-state index contributed by atoms with van der Waals surface area (Å²) >= 11 is 0. The Morgan fingerprint density at radius 1 is 1.57 bits per heavy atom. The van der Waals surface area contributed by atoms with E-state index in [0.717, 1.165) is 13.0 Å². The first-order chi connectivity index (χ1) is 6.61. The standard InChI is InChI=1S/C12H21NO/c1-5-12(14)8-6-7-10(2)11(3)9-13-4/h5,7,11,13H,1,6,8-9H2,2-4H3/b10-7-. The molecule has 1 unspecified atom stereocenters. The molecule has 0 aromatic carbocycles. The van der Waals surface area contributed by atoms with E-state index in [-0.39, 0.29) is 5.78 Å². The minimum Gasteiger partial charge on any atom is -0.319 e. The molecular formula is C12H21NO. The van der Waals surface area contributed by atoms with E-state index in [1.54, 1.807) is 0 Å². The quantitative estimate of drug-likeness (QED) is 0.499. The van der Waals surface area contributed by atoms with E-state index >= 15 is 0 Å². The van der Waals surface area contributed by atoms with Crippen molar-refractivity contribution < 1.29 is 4.79 Å². The van der Waals surface area contributed by atoms with Crippen LogP contribution < -0.4 is 5.32 Å². The van der Waals surface area contributed by atoms with Crippen molar-refractivity contribution in [2.45, 2.75) is 26.7 Å². The maximum Gasteiger partial charge on any atom is 0.155 e. The van der Waals surface area contributed by atoms with E-state index in [2.05, 4.69) is 31.8 Å². The summed E-state index contributed by atoms with van der Waals surface area (Å²) in [5, 5.41) is 3.13. The highest BCUT2D eigenvalue weighted by molar-refractivity contribution is 5.89. The van der Waals surface area contributed by atoms with E-state index in [1.165, 1.54) is 11.6 Å². The van der Waals surface area contributed by atoms with Gasteiger partial charge in [0.25, 0.3) is 0 Å². The molecule has 0 aliphatic heterocycles. The first-order valence-electron chi connectivity index (χ1n) is 5.08. The molecule has 0 bridgehead atoms. The molecule has 80 valence electrons. The van der Waals surface area contributed by atoms with Crippen LogP contribution in [-0.4, -0.2) is 19.4 Å². The number of rotatable bonds is 7. The maximum atomic E-state index is 10.9. The highest BCUT2D eigenvalue weighted by Crippen LogP contribution is 2.10. The molecule has 0 heterocycles. The molecule has 0 aliphatic rings. The Morgan fingerprint density at radius 2 is 2.21 bits per heavy atom. The number of allylic oxidation sites excluding steroid dienone is 2. The van der Waals surface area contributed by atoms with Crippen molar-refractivity contribution in [1.29, 1.82) is 0 Å². The molecule has 1 atom stereocenters. The van der Waals surface area contributed by atoms with Crippen LogP contribution in [0.5, 0.6) is 0 Å². The lowest BCUT2D eigenvalue weighted by Crippen LogP contribution is -2.16. The van der Waals surface area contributed by atoms with Gasteiger partial charge >= 0.3 is 0 Å². The maximum absolute atomic E-state index is 10.9. The van der Waals surface area contributed by atoms with E-state index < -0.39 is 0 Å². The van der Waals surface area contributed by atoms with Crippen molar-refractivity contribution >= 4 is 5.78 Å². The third-order valence-electron chi connectivity index (χ3n) is 2.37. The average molecular weight is 195 g/mol. The largest absolute Gasteiger partial charge is 0.319 e. The van der Waals surface area contributed by atoms with Crippen molar-refractivity contribution in [1.82, 2.24) is 5.32 Å². The Kier molecular flexibility index (Phi) is 7.03. The van der Waals surface area contributed by atoms with Crippen molar-refractivity contribution in [2.75, 3.05) is 13.6 Å². The zero-order chi connectivity index (χ0) is 11.0. The van der Waals surface area contributed by atoms with Gasteiger partial charge in [0.05, 0.1) is 0 Å². The number of carbonyl (C=O) groups excluding carboxylic acids is 1. The van der Waals surface area contributed by atoms with Gasteiger partial charge in [0.1, 0.15) is 0 Å². The van der Waals surface area contributed by atoms with Crippen LogP contribution in [0.25, 0.3) is 0 Å². The molecule has 0 spiro atoms. The molecule has 0 amide bonds. The second-order valence-electron chi connectivity index (χ2n) is 3.62. The van der Waals surface area contributed by atoms with Crippen molar-refractivity contribution in [3.8, 4) is 0 Å². The second kappa shape index (κ2) is 7.51. The smallest absolute Gasteiger partial charge is 0.155 e. The Labute approximate surface area is 87.1 Å². The van der Waals surface area contributed by atoms with Crippen LogP contribution in [0.2, 0.25) is 0 Å². The number of hydrogen-bond donors (Lipinski definition) is 1. The van der Waals surface area contributed by atoms with Crippen molar-refractivity contribution in [2.24, 2.45) is 5.92 Å². The van der Waals surface area contributed by atoms with Crippen LogP contribution in [-0.2, 0) is 4.79 Å². The SMILES string of the molecule is C=CC(=O)CC/C=C(/C)C(C)CNC. The first kappa shape index (κ1) is 13.1. The summed E-state index contributed by atoms with van der Waals surface area (Å²) < 4.78 is 0. The lowest BCUT2D eigenvalue weighted by Gasteiger charge is -2.10. The van der Waals surface area contributed by atoms with Crippen LogP contribution in [0.15, 0.2) is 24.3 Å². The topological polar surface area (TPSA) is 29.1 Å². The van der Waals surface area contributed by atoms with Crippen LogP contribution in [0, 0.1) is 5.92 Å². The minimum atomic E-state index is 0.121. The predicted octanol–water partition coefficient (Wildman–Crippen LogP) is 2.32. The highest BCUT2D eigenvalue weighted by atomic mass is 16.1. The second-order valence-corrected chi connectivity index (χ2v) is 3.62. The summed E-state index contributed by atoms with van der Waals surface area (Å²) in [6.07, 6.45) is 4.93. The summed E-state index contributed by atoms with van der Waals surface area (Å²) in [6.45, 7) is 8.72. The summed E-state index contributed by atoms with van der Waals surface area (Å²) in [5.74, 6) is 0.661. The Bertz CT molecular complexity index is 218. The third-order valence-corrected chi connectivity index (χ3v) is 2.37.